The minimum absolute atomic E-state index is 0.478. The molecule has 1 fully saturated rings. The van der Waals surface area contributed by atoms with Crippen molar-refractivity contribution in [2.24, 2.45) is 17.8 Å². The third kappa shape index (κ3) is 2.18. The van der Waals surface area contributed by atoms with Crippen molar-refractivity contribution >= 4 is 10.1 Å². The van der Waals surface area contributed by atoms with Gasteiger partial charge in [0.05, 0.1) is 0 Å². The first-order valence-electron chi connectivity index (χ1n) is 6.07. The van der Waals surface area contributed by atoms with Gasteiger partial charge < -0.3 is 0 Å². The zero-order chi connectivity index (χ0) is 11.9. The Morgan fingerprint density at radius 1 is 1.19 bits per heavy atom. The van der Waals surface area contributed by atoms with Gasteiger partial charge in [-0.3, -0.25) is 4.55 Å². The first-order valence-corrected chi connectivity index (χ1v) is 7.58. The van der Waals surface area contributed by atoms with Crippen LogP contribution in [0.1, 0.15) is 39.5 Å². The lowest BCUT2D eigenvalue weighted by Crippen LogP contribution is -2.32. The van der Waals surface area contributed by atoms with Crippen LogP contribution in [0.4, 0.5) is 0 Å². The second-order valence-electron chi connectivity index (χ2n) is 5.36. The largest absolute Gasteiger partial charge is 0.285 e. The van der Waals surface area contributed by atoms with E-state index in [1.165, 1.54) is 12.0 Å². The van der Waals surface area contributed by atoms with Crippen molar-refractivity contribution in [2.75, 3.05) is 0 Å². The molecule has 4 heteroatoms. The fraction of sp³-hybridized carbons (Fsp3) is 0.833. The predicted molar refractivity (Wildman–Crippen MR) is 63.7 cm³/mol. The summed E-state index contributed by atoms with van der Waals surface area (Å²) in [7, 11) is -3.89. The summed E-state index contributed by atoms with van der Waals surface area (Å²) in [5.74, 6) is 1.68. The van der Waals surface area contributed by atoms with Gasteiger partial charge in [-0.15, -0.1) is 0 Å². The van der Waals surface area contributed by atoms with Crippen LogP contribution < -0.4 is 0 Å². The zero-order valence-electron chi connectivity index (χ0n) is 9.89. The van der Waals surface area contributed by atoms with Crippen LogP contribution in [0.2, 0.25) is 0 Å². The Morgan fingerprint density at radius 3 is 2.50 bits per heavy atom. The molecule has 16 heavy (non-hydrogen) atoms. The monoisotopic (exact) mass is 244 g/mol. The van der Waals surface area contributed by atoms with Gasteiger partial charge in [-0.1, -0.05) is 25.5 Å². The van der Waals surface area contributed by atoms with E-state index < -0.39 is 15.4 Å². The molecule has 0 spiro atoms. The van der Waals surface area contributed by atoms with Crippen LogP contribution >= 0.6 is 0 Å². The van der Waals surface area contributed by atoms with Crippen LogP contribution in [0.25, 0.3) is 0 Å². The predicted octanol–water partition coefficient (Wildman–Crippen LogP) is 2.65. The van der Waals surface area contributed by atoms with Gasteiger partial charge in [-0.05, 0) is 43.4 Å². The van der Waals surface area contributed by atoms with Crippen molar-refractivity contribution in [1.82, 2.24) is 0 Å². The minimum atomic E-state index is -3.89. The van der Waals surface area contributed by atoms with E-state index in [1.54, 1.807) is 0 Å². The Bertz CT molecular complexity index is 396. The lowest BCUT2D eigenvalue weighted by Gasteiger charge is -2.39. The normalized spacial score (nSPS) is 40.1. The van der Waals surface area contributed by atoms with Crippen LogP contribution in [0.5, 0.6) is 0 Å². The molecule has 0 aliphatic heterocycles. The van der Waals surface area contributed by atoms with Crippen molar-refractivity contribution in [1.29, 1.82) is 0 Å². The van der Waals surface area contributed by atoms with Crippen molar-refractivity contribution in [2.45, 2.75) is 44.8 Å². The molecule has 1 saturated carbocycles. The van der Waals surface area contributed by atoms with E-state index in [9.17, 15) is 8.42 Å². The van der Waals surface area contributed by atoms with E-state index in [4.69, 9.17) is 4.55 Å². The van der Waals surface area contributed by atoms with Crippen LogP contribution in [0.15, 0.2) is 11.6 Å². The quantitative estimate of drug-likeness (QED) is 0.570. The molecule has 0 aromatic heterocycles. The Balaban J connectivity index is 2.30. The van der Waals surface area contributed by atoms with Gasteiger partial charge in [0.25, 0.3) is 10.1 Å². The maximum Gasteiger partial charge on any atom is 0.271 e. The Hall–Kier alpha value is -0.350. The van der Waals surface area contributed by atoms with Gasteiger partial charge in [0.15, 0.2) is 0 Å². The maximum absolute atomic E-state index is 11.2. The van der Waals surface area contributed by atoms with Crippen molar-refractivity contribution in [3.05, 3.63) is 11.6 Å². The first-order chi connectivity index (χ1) is 7.39. The summed E-state index contributed by atoms with van der Waals surface area (Å²) in [5, 5.41) is -0.661. The van der Waals surface area contributed by atoms with E-state index in [0.29, 0.717) is 24.2 Å². The number of rotatable bonds is 1. The van der Waals surface area contributed by atoms with E-state index in [1.807, 2.05) is 6.08 Å². The summed E-state index contributed by atoms with van der Waals surface area (Å²) in [6.07, 6.45) is 5.68. The van der Waals surface area contributed by atoms with Crippen molar-refractivity contribution in [3.8, 4) is 0 Å². The highest BCUT2D eigenvalue weighted by molar-refractivity contribution is 7.86. The van der Waals surface area contributed by atoms with Gasteiger partial charge in [-0.25, -0.2) is 0 Å². The lowest BCUT2D eigenvalue weighted by atomic mass is 9.67. The summed E-state index contributed by atoms with van der Waals surface area (Å²) in [4.78, 5) is 0. The number of hydrogen-bond acceptors (Lipinski definition) is 2. The molecule has 0 bridgehead atoms. The molecule has 92 valence electrons. The highest BCUT2D eigenvalue weighted by Crippen LogP contribution is 2.44. The smallest absolute Gasteiger partial charge is 0.271 e. The molecule has 0 radical (unpaired) electrons. The van der Waals surface area contributed by atoms with E-state index >= 15 is 0 Å². The second-order valence-corrected chi connectivity index (χ2v) is 7.00. The number of fused-ring (bicyclic) bond motifs is 1. The van der Waals surface area contributed by atoms with Gasteiger partial charge in [0.1, 0.15) is 5.25 Å². The summed E-state index contributed by atoms with van der Waals surface area (Å²) in [6.45, 7) is 4.41. The number of allylic oxidation sites excluding steroid dienone is 1. The average Bonchev–Trinajstić information content (AvgIpc) is 2.22. The fourth-order valence-electron chi connectivity index (χ4n) is 3.19. The third-order valence-electron chi connectivity index (χ3n) is 4.26. The molecule has 2 aliphatic rings. The zero-order valence-corrected chi connectivity index (χ0v) is 10.7. The summed E-state index contributed by atoms with van der Waals surface area (Å²) in [5.41, 5.74) is 1.27. The van der Waals surface area contributed by atoms with Gasteiger partial charge in [0, 0.05) is 0 Å². The molecule has 0 amide bonds. The van der Waals surface area contributed by atoms with Crippen LogP contribution in [0, 0.1) is 17.8 Å². The summed E-state index contributed by atoms with van der Waals surface area (Å²) >= 11 is 0. The van der Waals surface area contributed by atoms with Gasteiger partial charge in [0.2, 0.25) is 0 Å². The molecule has 0 heterocycles. The SMILES string of the molecule is CC1CCC(C)C2CCC(S(=O)(=O)O)C=C12. The average molecular weight is 244 g/mol. The van der Waals surface area contributed by atoms with Crippen molar-refractivity contribution in [3.63, 3.8) is 0 Å². The molecule has 0 aromatic rings. The summed E-state index contributed by atoms with van der Waals surface area (Å²) < 4.78 is 31.4. The maximum atomic E-state index is 11.2. The number of hydrogen-bond donors (Lipinski definition) is 1. The molecule has 0 aromatic carbocycles. The van der Waals surface area contributed by atoms with E-state index in [2.05, 4.69) is 13.8 Å². The van der Waals surface area contributed by atoms with Crippen molar-refractivity contribution < 1.29 is 13.0 Å². The molecular weight excluding hydrogens is 224 g/mol. The summed E-state index contributed by atoms with van der Waals surface area (Å²) in [6, 6.07) is 0. The molecule has 4 atom stereocenters. The Morgan fingerprint density at radius 2 is 1.88 bits per heavy atom. The highest BCUT2D eigenvalue weighted by atomic mass is 32.2. The lowest BCUT2D eigenvalue weighted by molar-refractivity contribution is 0.256. The Kier molecular flexibility index (Phi) is 3.14. The fourth-order valence-corrected chi connectivity index (χ4v) is 3.95. The molecular formula is C12H20O3S. The molecule has 4 unspecified atom stereocenters. The third-order valence-corrected chi connectivity index (χ3v) is 5.40. The van der Waals surface area contributed by atoms with Crippen LogP contribution in [0.3, 0.4) is 0 Å². The van der Waals surface area contributed by atoms with E-state index in [-0.39, 0.29) is 0 Å². The van der Waals surface area contributed by atoms with Gasteiger partial charge in [-0.2, -0.15) is 8.42 Å². The first kappa shape index (κ1) is 12.1. The molecule has 1 N–H and O–H groups in total. The topological polar surface area (TPSA) is 54.4 Å². The van der Waals surface area contributed by atoms with Crippen LogP contribution in [-0.2, 0) is 10.1 Å². The standard InChI is InChI=1S/C12H20O3S/c1-8-3-4-9(2)12-7-10(16(13,14)15)5-6-11(8)12/h7-11H,3-6H2,1-2H3,(H,13,14,15). The molecule has 2 rings (SSSR count). The second kappa shape index (κ2) is 4.15. The minimum Gasteiger partial charge on any atom is -0.285 e. The van der Waals surface area contributed by atoms with E-state index in [0.717, 1.165) is 12.8 Å². The van der Waals surface area contributed by atoms with Crippen LogP contribution in [-0.4, -0.2) is 18.2 Å². The molecule has 2 aliphatic carbocycles. The molecule has 0 saturated heterocycles. The molecule has 3 nitrogen and oxygen atoms in total. The van der Waals surface area contributed by atoms with Gasteiger partial charge >= 0.3 is 0 Å². The Labute approximate surface area is 97.7 Å². The highest BCUT2D eigenvalue weighted by Gasteiger charge is 2.36.